The Morgan fingerprint density at radius 2 is 2.00 bits per heavy atom. The van der Waals surface area contributed by atoms with E-state index in [1.165, 1.54) is 6.07 Å². The molecule has 1 aliphatic rings. The van der Waals surface area contributed by atoms with Gasteiger partial charge in [-0.1, -0.05) is 18.5 Å². The van der Waals surface area contributed by atoms with Gasteiger partial charge in [0.25, 0.3) is 11.6 Å². The predicted molar refractivity (Wildman–Crippen MR) is 103 cm³/mol. The van der Waals surface area contributed by atoms with Crippen molar-refractivity contribution in [3.8, 4) is 0 Å². The van der Waals surface area contributed by atoms with E-state index in [1.54, 1.807) is 36.4 Å². The first-order chi connectivity index (χ1) is 12.4. The molecule has 0 bridgehead atoms. The molecule has 0 radical (unpaired) electrons. The monoisotopic (exact) mass is 373 g/mol. The van der Waals surface area contributed by atoms with E-state index in [2.05, 4.69) is 17.1 Å². The van der Waals surface area contributed by atoms with Gasteiger partial charge in [-0.25, -0.2) is 0 Å². The number of halogens is 1. The fraction of sp³-hybridized carbons (Fsp3) is 0.316. The van der Waals surface area contributed by atoms with Gasteiger partial charge in [0.05, 0.1) is 4.92 Å². The lowest BCUT2D eigenvalue weighted by molar-refractivity contribution is -0.384. The fourth-order valence-corrected chi connectivity index (χ4v) is 3.35. The summed E-state index contributed by atoms with van der Waals surface area (Å²) in [5.74, 6) is 0.169. The van der Waals surface area contributed by atoms with E-state index in [-0.39, 0.29) is 11.6 Å². The Hall–Kier alpha value is -2.60. The van der Waals surface area contributed by atoms with Gasteiger partial charge < -0.3 is 10.2 Å². The highest BCUT2D eigenvalue weighted by molar-refractivity contribution is 6.30. The van der Waals surface area contributed by atoms with Crippen LogP contribution in [-0.4, -0.2) is 23.9 Å². The molecule has 1 N–H and O–H groups in total. The highest BCUT2D eigenvalue weighted by atomic mass is 35.5. The van der Waals surface area contributed by atoms with Gasteiger partial charge >= 0.3 is 0 Å². The summed E-state index contributed by atoms with van der Waals surface area (Å²) in [5, 5.41) is 14.8. The maximum atomic E-state index is 12.3. The van der Waals surface area contributed by atoms with Crippen molar-refractivity contribution in [2.45, 2.75) is 19.8 Å². The summed E-state index contributed by atoms with van der Waals surface area (Å²) in [4.78, 5) is 25.5. The fourth-order valence-electron chi connectivity index (χ4n) is 3.23. The number of anilines is 2. The number of rotatable bonds is 4. The van der Waals surface area contributed by atoms with E-state index in [0.717, 1.165) is 25.9 Å². The normalized spacial score (nSPS) is 17.0. The quantitative estimate of drug-likeness (QED) is 0.620. The molecule has 26 heavy (non-hydrogen) atoms. The van der Waals surface area contributed by atoms with Crippen molar-refractivity contribution >= 4 is 34.6 Å². The van der Waals surface area contributed by atoms with E-state index in [0.29, 0.717) is 27.9 Å². The summed E-state index contributed by atoms with van der Waals surface area (Å²) in [5.41, 5.74) is 1.44. The highest BCUT2D eigenvalue weighted by Crippen LogP contribution is 2.34. The molecule has 1 amide bonds. The Morgan fingerprint density at radius 3 is 2.65 bits per heavy atom. The minimum atomic E-state index is -0.396. The number of hydrogen-bond donors (Lipinski definition) is 1. The van der Waals surface area contributed by atoms with Crippen LogP contribution in [0.1, 0.15) is 30.1 Å². The van der Waals surface area contributed by atoms with Gasteiger partial charge in [0, 0.05) is 35.4 Å². The zero-order valence-corrected chi connectivity index (χ0v) is 15.2. The van der Waals surface area contributed by atoms with Crippen molar-refractivity contribution in [1.82, 2.24) is 0 Å². The Bertz CT molecular complexity index is 823. The zero-order valence-electron chi connectivity index (χ0n) is 14.4. The van der Waals surface area contributed by atoms with Gasteiger partial charge in [-0.15, -0.1) is 0 Å². The van der Waals surface area contributed by atoms with E-state index < -0.39 is 4.92 Å². The van der Waals surface area contributed by atoms with Crippen LogP contribution in [0.25, 0.3) is 0 Å². The molecule has 2 aromatic rings. The topological polar surface area (TPSA) is 75.5 Å². The van der Waals surface area contributed by atoms with Crippen LogP contribution in [0.4, 0.5) is 17.1 Å². The Kier molecular flexibility index (Phi) is 5.42. The third kappa shape index (κ3) is 4.14. The molecule has 1 fully saturated rings. The van der Waals surface area contributed by atoms with Crippen LogP contribution in [0.2, 0.25) is 5.02 Å². The first-order valence-electron chi connectivity index (χ1n) is 8.54. The summed E-state index contributed by atoms with van der Waals surface area (Å²) >= 11 is 5.82. The molecule has 1 atom stereocenters. The molecule has 0 saturated carbocycles. The van der Waals surface area contributed by atoms with Crippen molar-refractivity contribution in [1.29, 1.82) is 0 Å². The number of nitro groups is 1. The van der Waals surface area contributed by atoms with Gasteiger partial charge in [0.1, 0.15) is 5.69 Å². The first-order valence-corrected chi connectivity index (χ1v) is 8.92. The Labute approximate surface area is 156 Å². The van der Waals surface area contributed by atoms with Crippen LogP contribution < -0.4 is 10.2 Å². The van der Waals surface area contributed by atoms with Crippen molar-refractivity contribution in [3.63, 3.8) is 0 Å². The molecule has 0 unspecified atom stereocenters. The average molecular weight is 374 g/mol. The van der Waals surface area contributed by atoms with Crippen LogP contribution in [0.5, 0.6) is 0 Å². The number of nitro benzene ring substituents is 1. The van der Waals surface area contributed by atoms with Crippen molar-refractivity contribution in [2.24, 2.45) is 5.92 Å². The summed E-state index contributed by atoms with van der Waals surface area (Å²) in [6.45, 7) is 3.76. The molecule has 0 aliphatic carbocycles. The molecule has 1 saturated heterocycles. The molecular weight excluding hydrogens is 354 g/mol. The van der Waals surface area contributed by atoms with Gasteiger partial charge in [0.15, 0.2) is 0 Å². The minimum absolute atomic E-state index is 0.00741. The summed E-state index contributed by atoms with van der Waals surface area (Å²) in [6.07, 6.45) is 2.16. The number of carbonyl (C=O) groups is 1. The van der Waals surface area contributed by atoms with E-state index in [4.69, 9.17) is 11.6 Å². The van der Waals surface area contributed by atoms with Crippen molar-refractivity contribution in [2.75, 3.05) is 23.3 Å². The van der Waals surface area contributed by atoms with E-state index in [9.17, 15) is 14.9 Å². The minimum Gasteiger partial charge on any atom is -0.366 e. The standard InChI is InChI=1S/C19H20ClN3O3/c1-13-3-2-10-22(12-13)17-9-8-16(11-18(17)23(25)26)21-19(24)14-4-6-15(20)7-5-14/h4-9,11,13H,2-3,10,12H2,1H3,(H,21,24)/t13-/m0/s1. The van der Waals surface area contributed by atoms with Crippen LogP contribution >= 0.6 is 11.6 Å². The SMILES string of the molecule is C[C@H]1CCCN(c2ccc(NC(=O)c3ccc(Cl)cc3)cc2[N+](=O)[O-])C1. The number of hydrogen-bond acceptors (Lipinski definition) is 4. The summed E-state index contributed by atoms with van der Waals surface area (Å²) in [7, 11) is 0. The number of nitrogens with one attached hydrogen (secondary N) is 1. The largest absolute Gasteiger partial charge is 0.366 e. The molecule has 2 aromatic carbocycles. The summed E-state index contributed by atoms with van der Waals surface area (Å²) < 4.78 is 0. The van der Waals surface area contributed by atoms with Crippen LogP contribution in [0.3, 0.4) is 0 Å². The highest BCUT2D eigenvalue weighted by Gasteiger charge is 2.24. The van der Waals surface area contributed by atoms with Crippen LogP contribution in [0.15, 0.2) is 42.5 Å². The number of piperidine rings is 1. The van der Waals surface area contributed by atoms with Gasteiger partial charge in [-0.3, -0.25) is 14.9 Å². The van der Waals surface area contributed by atoms with E-state index >= 15 is 0 Å². The third-order valence-corrected chi connectivity index (χ3v) is 4.79. The number of benzene rings is 2. The lowest BCUT2D eigenvalue weighted by Crippen LogP contribution is -2.34. The smallest absolute Gasteiger partial charge is 0.294 e. The molecule has 7 heteroatoms. The predicted octanol–water partition coefficient (Wildman–Crippen LogP) is 4.74. The van der Waals surface area contributed by atoms with Crippen molar-refractivity contribution < 1.29 is 9.72 Å². The average Bonchev–Trinajstić information content (AvgIpc) is 2.62. The van der Waals surface area contributed by atoms with Gasteiger partial charge in [-0.2, -0.15) is 0 Å². The number of carbonyl (C=O) groups excluding carboxylic acids is 1. The lowest BCUT2D eigenvalue weighted by Gasteiger charge is -2.32. The molecule has 3 rings (SSSR count). The second-order valence-corrected chi connectivity index (χ2v) is 7.05. The van der Waals surface area contributed by atoms with Gasteiger partial charge in [0.2, 0.25) is 0 Å². The zero-order chi connectivity index (χ0) is 18.7. The molecular formula is C19H20ClN3O3. The second-order valence-electron chi connectivity index (χ2n) is 6.62. The number of amides is 1. The first kappa shape index (κ1) is 18.2. The molecule has 6 nitrogen and oxygen atoms in total. The molecule has 136 valence electrons. The van der Waals surface area contributed by atoms with Crippen molar-refractivity contribution in [3.05, 3.63) is 63.2 Å². The second kappa shape index (κ2) is 7.74. The third-order valence-electron chi connectivity index (χ3n) is 4.53. The maximum Gasteiger partial charge on any atom is 0.294 e. The maximum absolute atomic E-state index is 12.3. The lowest BCUT2D eigenvalue weighted by atomic mass is 9.99. The molecule has 0 spiro atoms. The van der Waals surface area contributed by atoms with E-state index in [1.807, 2.05) is 0 Å². The van der Waals surface area contributed by atoms with Gasteiger partial charge in [-0.05, 0) is 55.2 Å². The Morgan fingerprint density at radius 1 is 1.27 bits per heavy atom. The van der Waals surface area contributed by atoms with Crippen LogP contribution in [0, 0.1) is 16.0 Å². The molecule has 0 aromatic heterocycles. The number of nitrogens with zero attached hydrogens (tertiary/aromatic N) is 2. The summed E-state index contributed by atoms with van der Waals surface area (Å²) in [6, 6.07) is 11.3. The molecule has 1 heterocycles. The Balaban J connectivity index is 1.83. The van der Waals surface area contributed by atoms with Crippen LogP contribution in [-0.2, 0) is 0 Å². The molecule has 1 aliphatic heterocycles.